The average Bonchev–Trinajstić information content (AvgIpc) is 2.25. The maximum Gasteiger partial charge on any atom is 0.0473 e. The molecule has 0 aliphatic rings. The summed E-state index contributed by atoms with van der Waals surface area (Å²) in [4.78, 5) is 2.27. The highest BCUT2D eigenvalue weighted by atomic mass is 79.9. The Morgan fingerprint density at radius 3 is 2.59 bits per heavy atom. The van der Waals surface area contributed by atoms with Crippen molar-refractivity contribution < 1.29 is 5.11 Å². The van der Waals surface area contributed by atoms with E-state index in [9.17, 15) is 5.11 Å². The Balaban J connectivity index is 2.51. The molecule has 0 saturated heterocycles. The Bertz CT molecular complexity index is 341. The number of rotatable bonds is 6. The second-order valence-electron chi connectivity index (χ2n) is 5.01. The van der Waals surface area contributed by atoms with Crippen LogP contribution in [0.15, 0.2) is 28.7 Å². The van der Waals surface area contributed by atoms with Gasteiger partial charge in [0.05, 0.1) is 0 Å². The van der Waals surface area contributed by atoms with E-state index in [1.165, 1.54) is 5.56 Å². The molecule has 0 fully saturated rings. The van der Waals surface area contributed by atoms with Gasteiger partial charge in [0.2, 0.25) is 0 Å². The zero-order chi connectivity index (χ0) is 12.8. The third-order valence-corrected chi connectivity index (χ3v) is 3.56. The van der Waals surface area contributed by atoms with Crippen LogP contribution in [0.4, 0.5) is 0 Å². The van der Waals surface area contributed by atoms with Crippen LogP contribution >= 0.6 is 15.9 Å². The van der Waals surface area contributed by atoms with Crippen LogP contribution in [0.25, 0.3) is 0 Å². The molecule has 1 rings (SSSR count). The molecule has 1 aromatic carbocycles. The predicted molar refractivity (Wildman–Crippen MR) is 75.9 cm³/mol. The Kier molecular flexibility index (Phi) is 6.17. The third kappa shape index (κ3) is 5.19. The molecule has 1 N–H and O–H groups in total. The van der Waals surface area contributed by atoms with Gasteiger partial charge in [0, 0.05) is 24.2 Å². The molecule has 0 aromatic heterocycles. The van der Waals surface area contributed by atoms with Gasteiger partial charge in [-0.2, -0.15) is 0 Å². The van der Waals surface area contributed by atoms with Gasteiger partial charge in [0.25, 0.3) is 0 Å². The summed E-state index contributed by atoms with van der Waals surface area (Å²) >= 11 is 3.48. The molecule has 1 aromatic rings. The van der Waals surface area contributed by atoms with Crippen LogP contribution in [0.5, 0.6) is 0 Å². The molecule has 96 valence electrons. The monoisotopic (exact) mass is 299 g/mol. The van der Waals surface area contributed by atoms with Crippen LogP contribution in [0.1, 0.15) is 19.4 Å². The van der Waals surface area contributed by atoms with Crippen LogP contribution in [0.2, 0.25) is 0 Å². The fraction of sp³-hybridized carbons (Fsp3) is 0.571. The van der Waals surface area contributed by atoms with Crippen LogP contribution in [-0.2, 0) is 6.54 Å². The van der Waals surface area contributed by atoms with Crippen molar-refractivity contribution in [2.45, 2.75) is 20.4 Å². The summed E-state index contributed by atoms with van der Waals surface area (Å²) < 4.78 is 1.12. The van der Waals surface area contributed by atoms with Gasteiger partial charge in [-0.15, -0.1) is 0 Å². The fourth-order valence-corrected chi connectivity index (χ4v) is 2.34. The molecule has 0 heterocycles. The van der Waals surface area contributed by atoms with E-state index in [1.807, 2.05) is 6.07 Å². The SMILES string of the molecule is CC(C)C(CO)CN(C)Cc1cccc(Br)c1. The zero-order valence-corrected chi connectivity index (χ0v) is 12.4. The maximum atomic E-state index is 9.32. The topological polar surface area (TPSA) is 23.5 Å². The predicted octanol–water partition coefficient (Wildman–Crippen LogP) is 3.15. The van der Waals surface area contributed by atoms with Crippen molar-refractivity contribution in [3.05, 3.63) is 34.3 Å². The molecule has 1 atom stereocenters. The summed E-state index contributed by atoms with van der Waals surface area (Å²) in [6.07, 6.45) is 0. The third-order valence-electron chi connectivity index (χ3n) is 3.07. The fourth-order valence-electron chi connectivity index (χ4n) is 1.89. The van der Waals surface area contributed by atoms with Crippen LogP contribution < -0.4 is 0 Å². The van der Waals surface area contributed by atoms with E-state index in [1.54, 1.807) is 0 Å². The first-order chi connectivity index (χ1) is 8.02. The number of hydrogen-bond acceptors (Lipinski definition) is 2. The lowest BCUT2D eigenvalue weighted by atomic mass is 9.96. The summed E-state index contributed by atoms with van der Waals surface area (Å²) in [6, 6.07) is 8.36. The first kappa shape index (κ1) is 14.7. The number of benzene rings is 1. The number of aliphatic hydroxyl groups is 1. The number of hydrogen-bond donors (Lipinski definition) is 1. The van der Waals surface area contributed by atoms with Gasteiger partial charge in [0.1, 0.15) is 0 Å². The first-order valence-corrected chi connectivity index (χ1v) is 6.86. The van der Waals surface area contributed by atoms with Crippen molar-refractivity contribution >= 4 is 15.9 Å². The van der Waals surface area contributed by atoms with Gasteiger partial charge in [-0.05, 0) is 36.6 Å². The van der Waals surface area contributed by atoms with E-state index in [-0.39, 0.29) is 6.61 Å². The molecule has 0 bridgehead atoms. The van der Waals surface area contributed by atoms with E-state index < -0.39 is 0 Å². The van der Waals surface area contributed by atoms with E-state index in [0.717, 1.165) is 17.6 Å². The lowest BCUT2D eigenvalue weighted by molar-refractivity contribution is 0.143. The largest absolute Gasteiger partial charge is 0.396 e. The summed E-state index contributed by atoms with van der Waals surface area (Å²) in [5.41, 5.74) is 1.29. The molecule has 0 spiro atoms. The van der Waals surface area contributed by atoms with Crippen molar-refractivity contribution in [3.63, 3.8) is 0 Å². The van der Waals surface area contributed by atoms with Crippen molar-refractivity contribution in [1.29, 1.82) is 0 Å². The van der Waals surface area contributed by atoms with Crippen LogP contribution in [0, 0.1) is 11.8 Å². The first-order valence-electron chi connectivity index (χ1n) is 6.06. The summed E-state index contributed by atoms with van der Waals surface area (Å²) in [7, 11) is 2.10. The molecule has 0 amide bonds. The van der Waals surface area contributed by atoms with E-state index in [4.69, 9.17) is 0 Å². The molecule has 1 unspecified atom stereocenters. The standard InChI is InChI=1S/C14H22BrNO/c1-11(2)13(10-17)9-16(3)8-12-5-4-6-14(15)7-12/h4-7,11,13,17H,8-10H2,1-3H3. The van der Waals surface area contributed by atoms with Crippen LogP contribution in [0.3, 0.4) is 0 Å². The molecule has 0 saturated carbocycles. The molecule has 0 aliphatic carbocycles. The maximum absolute atomic E-state index is 9.32. The van der Waals surface area contributed by atoms with Crippen molar-refractivity contribution in [2.24, 2.45) is 11.8 Å². The van der Waals surface area contributed by atoms with E-state index in [2.05, 4.69) is 59.9 Å². The smallest absolute Gasteiger partial charge is 0.0473 e. The van der Waals surface area contributed by atoms with Gasteiger partial charge in [-0.25, -0.2) is 0 Å². The quantitative estimate of drug-likeness (QED) is 0.872. The lowest BCUT2D eigenvalue weighted by Crippen LogP contribution is -2.30. The second kappa shape index (κ2) is 7.14. The summed E-state index contributed by atoms with van der Waals surface area (Å²) in [5, 5.41) is 9.32. The number of halogens is 1. The molecule has 17 heavy (non-hydrogen) atoms. The molecule has 2 nitrogen and oxygen atoms in total. The number of aliphatic hydroxyl groups excluding tert-OH is 1. The summed E-state index contributed by atoms with van der Waals surface area (Å²) in [5.74, 6) is 0.872. The highest BCUT2D eigenvalue weighted by Crippen LogP contribution is 2.15. The average molecular weight is 300 g/mol. The summed E-state index contributed by atoms with van der Waals surface area (Å²) in [6.45, 7) is 6.44. The molecule has 0 radical (unpaired) electrons. The van der Waals surface area contributed by atoms with Gasteiger partial charge in [-0.1, -0.05) is 41.9 Å². The van der Waals surface area contributed by atoms with Crippen molar-refractivity contribution in [1.82, 2.24) is 4.90 Å². The van der Waals surface area contributed by atoms with Gasteiger partial charge in [0.15, 0.2) is 0 Å². The van der Waals surface area contributed by atoms with Crippen molar-refractivity contribution in [3.8, 4) is 0 Å². The van der Waals surface area contributed by atoms with Crippen LogP contribution in [-0.4, -0.2) is 30.2 Å². The second-order valence-corrected chi connectivity index (χ2v) is 5.93. The zero-order valence-electron chi connectivity index (χ0n) is 10.9. The Morgan fingerprint density at radius 1 is 1.35 bits per heavy atom. The Labute approximate surface area is 113 Å². The minimum absolute atomic E-state index is 0.264. The Morgan fingerprint density at radius 2 is 2.06 bits per heavy atom. The van der Waals surface area contributed by atoms with Gasteiger partial charge >= 0.3 is 0 Å². The molecular weight excluding hydrogens is 278 g/mol. The highest BCUT2D eigenvalue weighted by Gasteiger charge is 2.14. The molecular formula is C14H22BrNO. The van der Waals surface area contributed by atoms with Gasteiger partial charge < -0.3 is 10.0 Å². The molecule has 3 heteroatoms. The highest BCUT2D eigenvalue weighted by molar-refractivity contribution is 9.10. The molecule has 0 aliphatic heterocycles. The minimum Gasteiger partial charge on any atom is -0.396 e. The number of nitrogens with zero attached hydrogens (tertiary/aromatic N) is 1. The van der Waals surface area contributed by atoms with E-state index in [0.29, 0.717) is 11.8 Å². The Hall–Kier alpha value is -0.380. The lowest BCUT2D eigenvalue weighted by Gasteiger charge is -2.25. The van der Waals surface area contributed by atoms with Crippen molar-refractivity contribution in [2.75, 3.05) is 20.2 Å². The normalized spacial score (nSPS) is 13.4. The van der Waals surface area contributed by atoms with E-state index >= 15 is 0 Å². The minimum atomic E-state index is 0.264. The van der Waals surface area contributed by atoms with Gasteiger partial charge in [-0.3, -0.25) is 0 Å².